The zero-order valence-electron chi connectivity index (χ0n) is 27.5. The van der Waals surface area contributed by atoms with Gasteiger partial charge in [-0.3, -0.25) is 14.6 Å². The lowest BCUT2D eigenvalue weighted by atomic mass is 9.81. The predicted molar refractivity (Wildman–Crippen MR) is 189 cm³/mol. The van der Waals surface area contributed by atoms with E-state index in [-0.39, 0.29) is 17.7 Å². The fourth-order valence-corrected chi connectivity index (χ4v) is 6.89. The zero-order chi connectivity index (χ0) is 33.0. The second-order valence-corrected chi connectivity index (χ2v) is 12.6. The first-order chi connectivity index (χ1) is 23.5. The minimum absolute atomic E-state index is 0.0567. The molecule has 48 heavy (non-hydrogen) atoms. The molecule has 2 aliphatic heterocycles. The van der Waals surface area contributed by atoms with Gasteiger partial charge in [0.1, 0.15) is 5.75 Å². The molecule has 7 rings (SSSR count). The highest BCUT2D eigenvalue weighted by atomic mass is 16.5. The Hall–Kier alpha value is -5.17. The highest BCUT2D eigenvalue weighted by molar-refractivity contribution is 6.20. The van der Waals surface area contributed by atoms with Crippen molar-refractivity contribution >= 4 is 35.2 Å². The van der Waals surface area contributed by atoms with Crippen LogP contribution >= 0.6 is 0 Å². The third-order valence-electron chi connectivity index (χ3n) is 9.45. The SMILES string of the molecule is COc1cc(C=C2c3ccccc3C(=O)c3ccccc32)ccc1OCCCCCCOc1cc2c(cc1C)C(=O)N1CCC[C@H]1C=N2. The van der Waals surface area contributed by atoms with Gasteiger partial charge in [0.15, 0.2) is 17.3 Å². The Morgan fingerprint density at radius 1 is 0.771 bits per heavy atom. The van der Waals surface area contributed by atoms with Crippen molar-refractivity contribution in [2.24, 2.45) is 4.99 Å². The van der Waals surface area contributed by atoms with Gasteiger partial charge < -0.3 is 19.1 Å². The smallest absolute Gasteiger partial charge is 0.256 e. The van der Waals surface area contributed by atoms with E-state index in [0.29, 0.717) is 36.0 Å². The first-order valence-corrected chi connectivity index (χ1v) is 16.9. The van der Waals surface area contributed by atoms with Gasteiger partial charge in [-0.2, -0.15) is 0 Å². The molecular weight excluding hydrogens is 600 g/mol. The minimum atomic E-state index is 0.0567. The van der Waals surface area contributed by atoms with E-state index in [1.807, 2.05) is 96.9 Å². The summed E-state index contributed by atoms with van der Waals surface area (Å²) in [6.45, 7) is 3.99. The molecule has 1 amide bonds. The van der Waals surface area contributed by atoms with E-state index in [0.717, 1.165) is 89.8 Å². The second kappa shape index (κ2) is 13.9. The van der Waals surface area contributed by atoms with Crippen LogP contribution in [0.2, 0.25) is 0 Å². The molecule has 0 aromatic heterocycles. The van der Waals surface area contributed by atoms with E-state index >= 15 is 0 Å². The summed E-state index contributed by atoms with van der Waals surface area (Å²) in [5, 5.41) is 0. The monoisotopic (exact) mass is 640 g/mol. The Morgan fingerprint density at radius 3 is 2.12 bits per heavy atom. The van der Waals surface area contributed by atoms with Crippen LogP contribution in [0.3, 0.4) is 0 Å². The van der Waals surface area contributed by atoms with Crippen LogP contribution < -0.4 is 14.2 Å². The van der Waals surface area contributed by atoms with E-state index in [4.69, 9.17) is 14.2 Å². The Balaban J connectivity index is 0.909. The molecule has 0 bridgehead atoms. The number of fused-ring (bicyclic) bond motifs is 4. The van der Waals surface area contributed by atoms with Crippen LogP contribution in [0.15, 0.2) is 83.9 Å². The topological polar surface area (TPSA) is 77.4 Å². The third kappa shape index (κ3) is 6.25. The van der Waals surface area contributed by atoms with Crippen LogP contribution in [0.5, 0.6) is 17.2 Å². The molecule has 0 spiro atoms. The molecule has 0 unspecified atom stereocenters. The lowest BCUT2D eigenvalue weighted by molar-refractivity contribution is 0.0774. The summed E-state index contributed by atoms with van der Waals surface area (Å²) < 4.78 is 18.0. The summed E-state index contributed by atoms with van der Waals surface area (Å²) >= 11 is 0. The van der Waals surface area contributed by atoms with E-state index in [2.05, 4.69) is 11.1 Å². The molecular formula is C41H40N2O5. The number of ketones is 1. The largest absolute Gasteiger partial charge is 0.493 e. The number of methoxy groups -OCH3 is 1. The lowest BCUT2D eigenvalue weighted by Crippen LogP contribution is -2.35. The van der Waals surface area contributed by atoms with Crippen molar-refractivity contribution in [1.82, 2.24) is 4.90 Å². The maximum atomic E-state index is 13.1. The molecule has 1 saturated heterocycles. The molecule has 4 aromatic rings. The number of hydrogen-bond donors (Lipinski definition) is 0. The lowest BCUT2D eigenvalue weighted by Gasteiger charge is -2.21. The van der Waals surface area contributed by atoms with Crippen molar-refractivity contribution in [3.8, 4) is 17.2 Å². The second-order valence-electron chi connectivity index (χ2n) is 12.6. The number of nitrogens with zero attached hydrogens (tertiary/aromatic N) is 2. The first-order valence-electron chi connectivity index (χ1n) is 16.9. The standard InChI is InChI=1S/C41H40N2O5/c1-27-22-35-36(42-26-29-12-11-19-43(29)41(35)45)25-38(27)48-21-10-4-3-9-20-47-37-18-17-28(24-39(37)46-2)23-34-30-13-5-7-15-32(30)40(44)33-16-8-6-14-31(33)34/h5-8,13-18,22-26,29H,3-4,9-12,19-21H2,1-2H3/t29-/m0/s1. The Morgan fingerprint density at radius 2 is 1.44 bits per heavy atom. The number of benzene rings is 4. The van der Waals surface area contributed by atoms with Gasteiger partial charge in [0, 0.05) is 30.0 Å². The molecule has 244 valence electrons. The molecule has 1 fully saturated rings. The molecule has 4 aromatic carbocycles. The number of carbonyl (C=O) groups is 2. The Kier molecular flexibility index (Phi) is 9.10. The van der Waals surface area contributed by atoms with Crippen LogP contribution in [-0.4, -0.2) is 55.7 Å². The van der Waals surface area contributed by atoms with Crippen molar-refractivity contribution in [2.45, 2.75) is 51.5 Å². The summed E-state index contributed by atoms with van der Waals surface area (Å²) in [4.78, 5) is 32.7. The van der Waals surface area contributed by atoms with Crippen molar-refractivity contribution in [1.29, 1.82) is 0 Å². The third-order valence-corrected chi connectivity index (χ3v) is 9.45. The van der Waals surface area contributed by atoms with Gasteiger partial charge >= 0.3 is 0 Å². The van der Waals surface area contributed by atoms with E-state index in [1.165, 1.54) is 0 Å². The van der Waals surface area contributed by atoms with Crippen LogP contribution in [0.25, 0.3) is 11.6 Å². The van der Waals surface area contributed by atoms with Crippen molar-refractivity contribution < 1.29 is 23.8 Å². The average molecular weight is 641 g/mol. The summed E-state index contributed by atoms with van der Waals surface area (Å²) in [7, 11) is 1.65. The highest BCUT2D eigenvalue weighted by Gasteiger charge is 2.32. The van der Waals surface area contributed by atoms with Gasteiger partial charge in [0.2, 0.25) is 0 Å². The number of unbranched alkanes of at least 4 members (excludes halogenated alkanes) is 3. The van der Waals surface area contributed by atoms with Crippen molar-refractivity contribution in [3.63, 3.8) is 0 Å². The van der Waals surface area contributed by atoms with Gasteiger partial charge in [-0.1, -0.05) is 54.6 Å². The number of aryl methyl sites for hydroxylation is 1. The average Bonchev–Trinajstić information content (AvgIpc) is 3.55. The van der Waals surface area contributed by atoms with Crippen molar-refractivity contribution in [3.05, 3.63) is 118 Å². The summed E-state index contributed by atoms with van der Waals surface area (Å²) in [6, 6.07) is 25.5. The first kappa shape index (κ1) is 31.4. The van der Waals surface area contributed by atoms with Gasteiger partial charge in [0.25, 0.3) is 5.91 Å². The number of amides is 1. The molecule has 3 aliphatic rings. The van der Waals surface area contributed by atoms with Gasteiger partial charge in [-0.25, -0.2) is 0 Å². The molecule has 0 N–H and O–H groups in total. The number of rotatable bonds is 11. The molecule has 2 heterocycles. The zero-order valence-corrected chi connectivity index (χ0v) is 27.5. The summed E-state index contributed by atoms with van der Waals surface area (Å²) in [5.74, 6) is 2.31. The van der Waals surface area contributed by atoms with Crippen LogP contribution in [0, 0.1) is 6.92 Å². The Bertz CT molecular complexity index is 1870. The quantitative estimate of drug-likeness (QED) is 0.135. The van der Waals surface area contributed by atoms with E-state index < -0.39 is 0 Å². The summed E-state index contributed by atoms with van der Waals surface area (Å²) in [6.07, 6.45) is 9.93. The summed E-state index contributed by atoms with van der Waals surface area (Å²) in [5.41, 5.74) is 7.63. The maximum absolute atomic E-state index is 13.1. The van der Waals surface area contributed by atoms with Gasteiger partial charge in [-0.05, 0) is 97.6 Å². The highest BCUT2D eigenvalue weighted by Crippen LogP contribution is 2.38. The van der Waals surface area contributed by atoms with Crippen LogP contribution in [0.1, 0.15) is 87.1 Å². The number of aliphatic imine (C=N–C) groups is 1. The van der Waals surface area contributed by atoms with Gasteiger partial charge in [0.05, 0.1) is 37.6 Å². The fourth-order valence-electron chi connectivity index (χ4n) is 6.89. The Labute approximate surface area is 281 Å². The number of hydrogen-bond acceptors (Lipinski definition) is 6. The maximum Gasteiger partial charge on any atom is 0.256 e. The molecule has 1 aliphatic carbocycles. The fraction of sp³-hybridized carbons (Fsp3) is 0.293. The van der Waals surface area contributed by atoms with E-state index in [1.54, 1.807) is 7.11 Å². The van der Waals surface area contributed by atoms with Crippen LogP contribution in [0.4, 0.5) is 5.69 Å². The molecule has 1 atom stereocenters. The van der Waals surface area contributed by atoms with Crippen molar-refractivity contribution in [2.75, 3.05) is 26.9 Å². The number of carbonyl (C=O) groups excluding carboxylic acids is 2. The molecule has 0 saturated carbocycles. The number of ether oxygens (including phenoxy) is 3. The predicted octanol–water partition coefficient (Wildman–Crippen LogP) is 8.48. The van der Waals surface area contributed by atoms with Crippen LogP contribution in [-0.2, 0) is 0 Å². The molecule has 7 heteroatoms. The van der Waals surface area contributed by atoms with E-state index in [9.17, 15) is 9.59 Å². The van der Waals surface area contributed by atoms with Gasteiger partial charge in [-0.15, -0.1) is 0 Å². The molecule has 0 radical (unpaired) electrons. The normalized spacial score (nSPS) is 16.1. The minimum Gasteiger partial charge on any atom is -0.493 e. The molecule has 7 nitrogen and oxygen atoms in total.